The lowest BCUT2D eigenvalue weighted by molar-refractivity contribution is -0.223. The smallest absolute Gasteiger partial charge is 0.303 e. The highest BCUT2D eigenvalue weighted by atomic mass is 16.6. The molecule has 1 aliphatic rings. The number of aliphatic hydroxyl groups excluding tert-OH is 1. The van der Waals surface area contributed by atoms with Gasteiger partial charge in [0.25, 0.3) is 0 Å². The average Bonchev–Trinajstić information content (AvgIpc) is 2.31. The van der Waals surface area contributed by atoms with E-state index in [4.69, 9.17) is 18.9 Å². The molecule has 1 N–H and O–H groups in total. The lowest BCUT2D eigenvalue weighted by atomic mass is 10.00. The highest BCUT2D eigenvalue weighted by molar-refractivity contribution is 5.67. The van der Waals surface area contributed by atoms with E-state index in [1.54, 1.807) is 0 Å². The number of aliphatic hydroxyl groups is 1. The van der Waals surface area contributed by atoms with Crippen molar-refractivity contribution >= 4 is 17.9 Å². The van der Waals surface area contributed by atoms with Crippen LogP contribution in [-0.4, -0.2) is 60.6 Å². The van der Waals surface area contributed by atoms with Gasteiger partial charge >= 0.3 is 17.9 Å². The van der Waals surface area contributed by atoms with E-state index in [0.717, 1.165) is 0 Å². The van der Waals surface area contributed by atoms with E-state index in [-0.39, 0.29) is 13.2 Å². The molecule has 0 aromatic carbocycles. The van der Waals surface area contributed by atoms with Gasteiger partial charge in [-0.15, -0.1) is 0 Å². The summed E-state index contributed by atoms with van der Waals surface area (Å²) in [4.78, 5) is 32.8. The van der Waals surface area contributed by atoms with Gasteiger partial charge in [-0.25, -0.2) is 0 Å². The maximum absolute atomic E-state index is 11.1. The minimum Gasteiger partial charge on any atom is -0.463 e. The minimum atomic E-state index is -1.27. The number of rotatable bonds is 4. The van der Waals surface area contributed by atoms with Gasteiger partial charge in [-0.2, -0.15) is 0 Å². The minimum absolute atomic E-state index is 0.0689. The van der Waals surface area contributed by atoms with Crippen molar-refractivity contribution in [1.29, 1.82) is 0 Å². The third kappa shape index (κ3) is 4.78. The van der Waals surface area contributed by atoms with E-state index >= 15 is 0 Å². The van der Waals surface area contributed by atoms with Gasteiger partial charge in [0.15, 0.2) is 12.2 Å². The van der Waals surface area contributed by atoms with Crippen LogP contribution in [0.1, 0.15) is 20.8 Å². The first kappa shape index (κ1) is 16.4. The van der Waals surface area contributed by atoms with Gasteiger partial charge in [0.05, 0.1) is 6.61 Å². The Labute approximate surface area is 115 Å². The molecular weight excluding hydrogens is 272 g/mol. The van der Waals surface area contributed by atoms with E-state index in [1.807, 2.05) is 0 Å². The maximum atomic E-state index is 11.1. The molecule has 1 fully saturated rings. The number of ether oxygens (including phenoxy) is 4. The summed E-state index contributed by atoms with van der Waals surface area (Å²) in [6, 6.07) is 0. The summed E-state index contributed by atoms with van der Waals surface area (Å²) >= 11 is 0. The second-order valence-electron chi connectivity index (χ2n) is 4.39. The SMILES string of the molecule is CC(=O)OC[C@H]1OC[C@H](OC(C)=O)[C@@H](OC(C)=O)[C@H]1O. The van der Waals surface area contributed by atoms with Crippen LogP contribution in [0.3, 0.4) is 0 Å². The van der Waals surface area contributed by atoms with Gasteiger partial charge in [-0.05, 0) is 0 Å². The molecule has 0 radical (unpaired) electrons. The number of hydrogen-bond donors (Lipinski definition) is 1. The van der Waals surface area contributed by atoms with Crippen molar-refractivity contribution in [3.05, 3.63) is 0 Å². The molecule has 0 unspecified atom stereocenters. The third-order valence-corrected chi connectivity index (χ3v) is 2.63. The lowest BCUT2D eigenvalue weighted by Crippen LogP contribution is -2.57. The molecule has 1 aliphatic heterocycles. The fraction of sp³-hybridized carbons (Fsp3) is 0.750. The van der Waals surface area contributed by atoms with Crippen molar-refractivity contribution in [1.82, 2.24) is 0 Å². The Balaban J connectivity index is 2.73. The summed E-state index contributed by atoms with van der Waals surface area (Å²) in [7, 11) is 0. The van der Waals surface area contributed by atoms with Crippen LogP contribution >= 0.6 is 0 Å². The van der Waals surface area contributed by atoms with Crippen LogP contribution in [0.4, 0.5) is 0 Å². The first-order valence-electron chi connectivity index (χ1n) is 6.08. The van der Waals surface area contributed by atoms with Crippen LogP contribution in [0, 0.1) is 0 Å². The van der Waals surface area contributed by atoms with Crippen LogP contribution in [0.5, 0.6) is 0 Å². The molecule has 0 spiro atoms. The Morgan fingerprint density at radius 3 is 2.20 bits per heavy atom. The predicted molar refractivity (Wildman–Crippen MR) is 63.5 cm³/mol. The fourth-order valence-electron chi connectivity index (χ4n) is 1.84. The van der Waals surface area contributed by atoms with E-state index in [0.29, 0.717) is 0 Å². The first-order chi connectivity index (χ1) is 9.31. The van der Waals surface area contributed by atoms with Crippen molar-refractivity contribution in [3.63, 3.8) is 0 Å². The molecule has 1 saturated heterocycles. The van der Waals surface area contributed by atoms with Crippen LogP contribution in [-0.2, 0) is 33.3 Å². The largest absolute Gasteiger partial charge is 0.463 e. The molecule has 20 heavy (non-hydrogen) atoms. The molecule has 8 heteroatoms. The highest BCUT2D eigenvalue weighted by Gasteiger charge is 2.44. The van der Waals surface area contributed by atoms with Gasteiger partial charge in [0.2, 0.25) is 0 Å². The maximum Gasteiger partial charge on any atom is 0.303 e. The molecule has 0 amide bonds. The zero-order chi connectivity index (χ0) is 15.3. The van der Waals surface area contributed by atoms with Crippen LogP contribution in [0.25, 0.3) is 0 Å². The number of carbonyl (C=O) groups is 3. The van der Waals surface area contributed by atoms with E-state index in [1.165, 1.54) is 20.8 Å². The Morgan fingerprint density at radius 1 is 1.10 bits per heavy atom. The van der Waals surface area contributed by atoms with Gasteiger partial charge in [0, 0.05) is 20.8 Å². The second kappa shape index (κ2) is 7.20. The fourth-order valence-corrected chi connectivity index (χ4v) is 1.84. The number of esters is 3. The van der Waals surface area contributed by atoms with Crippen LogP contribution in [0.15, 0.2) is 0 Å². The van der Waals surface area contributed by atoms with Crippen molar-refractivity contribution in [2.75, 3.05) is 13.2 Å². The van der Waals surface area contributed by atoms with Gasteiger partial charge in [-0.3, -0.25) is 14.4 Å². The lowest BCUT2D eigenvalue weighted by Gasteiger charge is -2.38. The Hall–Kier alpha value is -1.67. The van der Waals surface area contributed by atoms with E-state index in [2.05, 4.69) is 0 Å². The Morgan fingerprint density at radius 2 is 1.70 bits per heavy atom. The summed E-state index contributed by atoms with van der Waals surface area (Å²) in [6.07, 6.45) is -4.09. The van der Waals surface area contributed by atoms with E-state index in [9.17, 15) is 19.5 Å². The summed E-state index contributed by atoms with van der Waals surface area (Å²) in [5.41, 5.74) is 0. The summed E-state index contributed by atoms with van der Waals surface area (Å²) < 4.78 is 19.9. The molecular formula is C12H18O8. The topological polar surface area (TPSA) is 108 Å². The van der Waals surface area contributed by atoms with Crippen molar-refractivity contribution in [2.45, 2.75) is 45.2 Å². The van der Waals surface area contributed by atoms with Gasteiger partial charge in [-0.1, -0.05) is 0 Å². The quantitative estimate of drug-likeness (QED) is 0.528. The van der Waals surface area contributed by atoms with Crippen molar-refractivity contribution < 1.29 is 38.4 Å². The predicted octanol–water partition coefficient (Wildman–Crippen LogP) is -0.827. The van der Waals surface area contributed by atoms with Crippen molar-refractivity contribution in [3.8, 4) is 0 Å². The standard InChI is InChI=1S/C12H18O8/c1-6(13)17-4-9-11(16)12(20-8(3)15)10(5-18-9)19-7(2)14/h9-12,16H,4-5H2,1-3H3/t9-,10+,11+,12-/m1/s1. The highest BCUT2D eigenvalue weighted by Crippen LogP contribution is 2.21. The van der Waals surface area contributed by atoms with Crippen molar-refractivity contribution in [2.24, 2.45) is 0 Å². The van der Waals surface area contributed by atoms with Gasteiger partial charge in [0.1, 0.15) is 18.8 Å². The van der Waals surface area contributed by atoms with Crippen LogP contribution in [0.2, 0.25) is 0 Å². The molecule has 114 valence electrons. The zero-order valence-corrected chi connectivity index (χ0v) is 11.5. The second-order valence-corrected chi connectivity index (χ2v) is 4.39. The third-order valence-electron chi connectivity index (χ3n) is 2.63. The summed E-state index contributed by atoms with van der Waals surface area (Å²) in [6.45, 7) is 3.35. The van der Waals surface area contributed by atoms with E-state index < -0.39 is 42.3 Å². The average molecular weight is 290 g/mol. The number of carbonyl (C=O) groups excluding carboxylic acids is 3. The normalized spacial score (nSPS) is 29.4. The summed E-state index contributed by atoms with van der Waals surface area (Å²) in [5, 5.41) is 10.1. The molecule has 0 aromatic heterocycles. The molecule has 0 bridgehead atoms. The molecule has 8 nitrogen and oxygen atoms in total. The monoisotopic (exact) mass is 290 g/mol. The molecule has 0 aliphatic carbocycles. The van der Waals surface area contributed by atoms with Gasteiger partial charge < -0.3 is 24.1 Å². The Kier molecular flexibility index (Phi) is 5.90. The molecule has 0 aromatic rings. The Bertz CT molecular complexity index is 380. The summed E-state index contributed by atoms with van der Waals surface area (Å²) in [5.74, 6) is -1.73. The molecule has 1 rings (SSSR count). The van der Waals surface area contributed by atoms with Crippen LogP contribution < -0.4 is 0 Å². The molecule has 0 saturated carbocycles. The molecule has 4 atom stereocenters. The molecule has 1 heterocycles. The number of hydrogen-bond acceptors (Lipinski definition) is 8. The zero-order valence-electron chi connectivity index (χ0n) is 11.5. The first-order valence-corrected chi connectivity index (χ1v) is 6.08.